The van der Waals surface area contributed by atoms with Crippen LogP contribution in [0.25, 0.3) is 0 Å². The number of hydrogen-bond acceptors (Lipinski definition) is 3. The van der Waals surface area contributed by atoms with E-state index >= 15 is 0 Å². The molecule has 2 unspecified atom stereocenters. The van der Waals surface area contributed by atoms with Crippen molar-refractivity contribution in [3.63, 3.8) is 0 Å². The molecule has 13 heavy (non-hydrogen) atoms. The minimum absolute atomic E-state index is 0.199. The van der Waals surface area contributed by atoms with E-state index in [9.17, 15) is 5.11 Å². The summed E-state index contributed by atoms with van der Waals surface area (Å²) in [6.45, 7) is 6.01. The van der Waals surface area contributed by atoms with Gasteiger partial charge in [-0.1, -0.05) is 6.92 Å². The zero-order valence-corrected chi connectivity index (χ0v) is 9.27. The van der Waals surface area contributed by atoms with Gasteiger partial charge in [-0.2, -0.15) is 0 Å². The lowest BCUT2D eigenvalue weighted by molar-refractivity contribution is 0.164. The van der Waals surface area contributed by atoms with Crippen molar-refractivity contribution in [2.75, 3.05) is 0 Å². The van der Waals surface area contributed by atoms with E-state index in [1.165, 1.54) is 0 Å². The van der Waals surface area contributed by atoms with Crippen LogP contribution in [0.1, 0.15) is 31.0 Å². The fraction of sp³-hybridized carbons (Fsp3) is 0.700. The van der Waals surface area contributed by atoms with Gasteiger partial charge in [-0.05, 0) is 32.6 Å². The number of thiazole rings is 1. The molecule has 0 radical (unpaired) electrons. The maximum Gasteiger partial charge on any atom is 0.0897 e. The molecule has 0 spiro atoms. The van der Waals surface area contributed by atoms with Crippen molar-refractivity contribution in [1.82, 2.24) is 4.98 Å². The molecule has 2 atom stereocenters. The molecule has 0 aliphatic rings. The van der Waals surface area contributed by atoms with Crippen molar-refractivity contribution in [1.29, 1.82) is 0 Å². The van der Waals surface area contributed by atoms with Crippen LogP contribution in [0.2, 0.25) is 0 Å². The molecular weight excluding hydrogens is 182 g/mol. The van der Waals surface area contributed by atoms with Gasteiger partial charge in [-0.15, -0.1) is 11.3 Å². The van der Waals surface area contributed by atoms with Gasteiger partial charge in [0.1, 0.15) is 0 Å². The molecule has 0 amide bonds. The van der Waals surface area contributed by atoms with Crippen LogP contribution in [0.5, 0.6) is 0 Å². The number of aliphatic hydroxyl groups excluding tert-OH is 1. The average Bonchev–Trinajstić information content (AvgIpc) is 2.33. The van der Waals surface area contributed by atoms with E-state index in [4.69, 9.17) is 0 Å². The van der Waals surface area contributed by atoms with Gasteiger partial charge >= 0.3 is 0 Å². The zero-order chi connectivity index (χ0) is 9.84. The Morgan fingerprint density at radius 1 is 1.54 bits per heavy atom. The van der Waals surface area contributed by atoms with E-state index in [1.54, 1.807) is 11.3 Å². The Labute approximate surface area is 83.6 Å². The molecular formula is C10H17NOS. The standard InChI is InChI=1S/C10H17NOS/c1-7(4-8(2)12)5-10-6-13-9(3)11-10/h6-8,12H,4-5H2,1-3H3. The van der Waals surface area contributed by atoms with Crippen LogP contribution in [0, 0.1) is 12.8 Å². The Kier molecular flexibility index (Phi) is 3.88. The maximum absolute atomic E-state index is 9.19. The van der Waals surface area contributed by atoms with Gasteiger partial charge in [-0.25, -0.2) is 4.98 Å². The molecule has 0 saturated carbocycles. The number of rotatable bonds is 4. The van der Waals surface area contributed by atoms with E-state index in [-0.39, 0.29) is 6.10 Å². The van der Waals surface area contributed by atoms with Crippen LogP contribution < -0.4 is 0 Å². The van der Waals surface area contributed by atoms with Gasteiger partial charge in [-0.3, -0.25) is 0 Å². The summed E-state index contributed by atoms with van der Waals surface area (Å²) in [4.78, 5) is 4.39. The van der Waals surface area contributed by atoms with Crippen molar-refractivity contribution in [2.45, 2.75) is 39.7 Å². The summed E-state index contributed by atoms with van der Waals surface area (Å²) < 4.78 is 0. The molecule has 3 heteroatoms. The Hall–Kier alpha value is -0.410. The van der Waals surface area contributed by atoms with E-state index < -0.39 is 0 Å². The molecule has 1 aromatic heterocycles. The average molecular weight is 199 g/mol. The smallest absolute Gasteiger partial charge is 0.0897 e. The zero-order valence-electron chi connectivity index (χ0n) is 8.45. The number of nitrogens with zero attached hydrogens (tertiary/aromatic N) is 1. The lowest BCUT2D eigenvalue weighted by atomic mass is 9.99. The predicted octanol–water partition coefficient (Wildman–Crippen LogP) is 2.40. The lowest BCUT2D eigenvalue weighted by Crippen LogP contribution is -2.09. The van der Waals surface area contributed by atoms with Crippen molar-refractivity contribution in [3.05, 3.63) is 16.1 Å². The fourth-order valence-corrected chi connectivity index (χ4v) is 2.15. The fourth-order valence-electron chi connectivity index (χ4n) is 1.52. The van der Waals surface area contributed by atoms with Crippen molar-refractivity contribution >= 4 is 11.3 Å². The summed E-state index contributed by atoms with van der Waals surface area (Å²) in [5.41, 5.74) is 1.16. The molecule has 0 fully saturated rings. The summed E-state index contributed by atoms with van der Waals surface area (Å²) in [6, 6.07) is 0. The molecule has 1 N–H and O–H groups in total. The van der Waals surface area contributed by atoms with Crippen LogP contribution in [0.4, 0.5) is 0 Å². The number of hydrogen-bond donors (Lipinski definition) is 1. The normalized spacial score (nSPS) is 15.7. The van der Waals surface area contributed by atoms with Gasteiger partial charge in [0.15, 0.2) is 0 Å². The minimum Gasteiger partial charge on any atom is -0.393 e. The van der Waals surface area contributed by atoms with Crippen molar-refractivity contribution in [3.8, 4) is 0 Å². The van der Waals surface area contributed by atoms with E-state index in [0.29, 0.717) is 5.92 Å². The highest BCUT2D eigenvalue weighted by Gasteiger charge is 2.08. The lowest BCUT2D eigenvalue weighted by Gasteiger charge is -2.11. The van der Waals surface area contributed by atoms with Crippen molar-refractivity contribution in [2.24, 2.45) is 5.92 Å². The van der Waals surface area contributed by atoms with Gasteiger partial charge < -0.3 is 5.11 Å². The second-order valence-corrected chi connectivity index (χ2v) is 4.81. The number of aryl methyl sites for hydroxylation is 1. The molecule has 74 valence electrons. The van der Waals surface area contributed by atoms with Gasteiger partial charge in [0.25, 0.3) is 0 Å². The number of aliphatic hydroxyl groups is 1. The molecule has 1 rings (SSSR count). The monoisotopic (exact) mass is 199 g/mol. The van der Waals surface area contributed by atoms with Gasteiger partial charge in [0.2, 0.25) is 0 Å². The summed E-state index contributed by atoms with van der Waals surface area (Å²) in [6.07, 6.45) is 1.64. The SMILES string of the molecule is Cc1nc(CC(C)CC(C)O)cs1. The quantitative estimate of drug-likeness (QED) is 0.807. The Morgan fingerprint density at radius 2 is 2.23 bits per heavy atom. The third-order valence-electron chi connectivity index (χ3n) is 1.97. The Bertz CT molecular complexity index is 257. The first-order valence-corrected chi connectivity index (χ1v) is 5.55. The van der Waals surface area contributed by atoms with Crippen LogP contribution in [-0.2, 0) is 6.42 Å². The predicted molar refractivity (Wildman–Crippen MR) is 56.0 cm³/mol. The van der Waals surface area contributed by atoms with Gasteiger partial charge in [0.05, 0.1) is 16.8 Å². The molecule has 1 aromatic rings. The second kappa shape index (κ2) is 4.72. The first kappa shape index (κ1) is 10.7. The summed E-state index contributed by atoms with van der Waals surface area (Å²) in [5.74, 6) is 0.515. The summed E-state index contributed by atoms with van der Waals surface area (Å²) in [5, 5.41) is 12.4. The van der Waals surface area contributed by atoms with Crippen LogP contribution in [0.15, 0.2) is 5.38 Å². The first-order chi connectivity index (χ1) is 6.08. The van der Waals surface area contributed by atoms with Crippen LogP contribution >= 0.6 is 11.3 Å². The van der Waals surface area contributed by atoms with E-state index in [0.717, 1.165) is 23.5 Å². The van der Waals surface area contributed by atoms with Crippen LogP contribution in [-0.4, -0.2) is 16.2 Å². The van der Waals surface area contributed by atoms with E-state index in [1.807, 2.05) is 13.8 Å². The Morgan fingerprint density at radius 3 is 2.69 bits per heavy atom. The highest BCUT2D eigenvalue weighted by Crippen LogP contribution is 2.15. The highest BCUT2D eigenvalue weighted by molar-refractivity contribution is 7.09. The largest absolute Gasteiger partial charge is 0.393 e. The third kappa shape index (κ3) is 3.87. The highest BCUT2D eigenvalue weighted by atomic mass is 32.1. The topological polar surface area (TPSA) is 33.1 Å². The Balaban J connectivity index is 2.40. The minimum atomic E-state index is -0.199. The maximum atomic E-state index is 9.19. The summed E-state index contributed by atoms with van der Waals surface area (Å²) in [7, 11) is 0. The van der Waals surface area contributed by atoms with E-state index in [2.05, 4.69) is 17.3 Å². The van der Waals surface area contributed by atoms with Gasteiger partial charge in [0, 0.05) is 5.38 Å². The molecule has 0 aromatic carbocycles. The number of aromatic nitrogens is 1. The first-order valence-electron chi connectivity index (χ1n) is 4.67. The molecule has 2 nitrogen and oxygen atoms in total. The second-order valence-electron chi connectivity index (χ2n) is 3.75. The molecule has 1 heterocycles. The molecule has 0 bridgehead atoms. The molecule has 0 saturated heterocycles. The molecule has 0 aliphatic carbocycles. The molecule has 0 aliphatic heterocycles. The third-order valence-corrected chi connectivity index (χ3v) is 2.79. The summed E-state index contributed by atoms with van der Waals surface area (Å²) >= 11 is 1.69. The van der Waals surface area contributed by atoms with Crippen molar-refractivity contribution < 1.29 is 5.11 Å². The van der Waals surface area contributed by atoms with Crippen LogP contribution in [0.3, 0.4) is 0 Å².